The molecular weight excluding hydrogens is 314 g/mol. The average molecular weight is 333 g/mol. The lowest BCUT2D eigenvalue weighted by Gasteiger charge is -2.17. The first-order valence-corrected chi connectivity index (χ1v) is 7.87. The lowest BCUT2D eigenvalue weighted by molar-refractivity contribution is 0.0988. The van der Waals surface area contributed by atoms with Gasteiger partial charge in [0, 0.05) is 36.4 Å². The van der Waals surface area contributed by atoms with Crippen molar-refractivity contribution >= 4 is 23.0 Å². The van der Waals surface area contributed by atoms with Gasteiger partial charge in [-0.3, -0.25) is 9.78 Å². The van der Waals surface area contributed by atoms with Crippen molar-refractivity contribution < 1.29 is 9.53 Å². The second kappa shape index (κ2) is 7.49. The van der Waals surface area contributed by atoms with E-state index in [1.165, 1.54) is 0 Å². The summed E-state index contributed by atoms with van der Waals surface area (Å²) >= 11 is 0. The average Bonchev–Trinajstić information content (AvgIpc) is 2.68. The number of ether oxygens (including phenoxy) is 1. The second-order valence-corrected chi connectivity index (χ2v) is 5.49. The molecule has 0 bridgehead atoms. The van der Waals surface area contributed by atoms with Crippen LogP contribution in [0.5, 0.6) is 5.75 Å². The number of aromatic nitrogens is 1. The van der Waals surface area contributed by atoms with Gasteiger partial charge in [0.1, 0.15) is 11.4 Å². The van der Waals surface area contributed by atoms with Crippen LogP contribution in [0.2, 0.25) is 0 Å². The minimum absolute atomic E-state index is 0.166. The lowest BCUT2D eigenvalue weighted by atomic mass is 10.2. The summed E-state index contributed by atoms with van der Waals surface area (Å²) in [6.45, 7) is 0. The summed E-state index contributed by atoms with van der Waals surface area (Å²) in [5.41, 5.74) is 2.85. The van der Waals surface area contributed by atoms with E-state index in [0.717, 1.165) is 22.8 Å². The molecule has 3 aromatic rings. The van der Waals surface area contributed by atoms with Crippen LogP contribution in [-0.4, -0.2) is 25.0 Å². The molecule has 0 unspecified atom stereocenters. The number of carbonyl (C=O) groups excluding carboxylic acids is 1. The zero-order valence-corrected chi connectivity index (χ0v) is 14.1. The SMILES string of the molecule is COc1cccc(Nc2ccnc(C(=O)N(C)c3ccccc3)c2)c1. The van der Waals surface area contributed by atoms with E-state index in [1.807, 2.05) is 60.7 Å². The minimum atomic E-state index is -0.166. The predicted octanol–water partition coefficient (Wildman–Crippen LogP) is 4.11. The molecule has 1 amide bonds. The summed E-state index contributed by atoms with van der Waals surface area (Å²) in [7, 11) is 3.36. The Balaban J connectivity index is 1.80. The van der Waals surface area contributed by atoms with Gasteiger partial charge in [-0.1, -0.05) is 24.3 Å². The lowest BCUT2D eigenvalue weighted by Crippen LogP contribution is -2.27. The fourth-order valence-electron chi connectivity index (χ4n) is 2.43. The Hall–Kier alpha value is -3.34. The maximum atomic E-state index is 12.7. The molecule has 0 saturated heterocycles. The number of anilines is 3. The van der Waals surface area contributed by atoms with E-state index in [-0.39, 0.29) is 5.91 Å². The van der Waals surface area contributed by atoms with Crippen molar-refractivity contribution in [3.8, 4) is 5.75 Å². The first kappa shape index (κ1) is 16.5. The highest BCUT2D eigenvalue weighted by molar-refractivity contribution is 6.04. The topological polar surface area (TPSA) is 54.5 Å². The van der Waals surface area contributed by atoms with Crippen LogP contribution in [-0.2, 0) is 0 Å². The summed E-state index contributed by atoms with van der Waals surface area (Å²) in [6.07, 6.45) is 1.62. The van der Waals surface area contributed by atoms with Crippen LogP contribution in [0.15, 0.2) is 72.9 Å². The number of para-hydroxylation sites is 1. The number of benzene rings is 2. The van der Waals surface area contributed by atoms with Gasteiger partial charge in [-0.15, -0.1) is 0 Å². The molecule has 5 nitrogen and oxygen atoms in total. The van der Waals surface area contributed by atoms with Gasteiger partial charge in [0.25, 0.3) is 5.91 Å². The first-order chi connectivity index (χ1) is 12.2. The molecule has 1 aromatic heterocycles. The van der Waals surface area contributed by atoms with Crippen molar-refractivity contribution in [3.63, 3.8) is 0 Å². The number of nitrogens with zero attached hydrogens (tertiary/aromatic N) is 2. The van der Waals surface area contributed by atoms with E-state index in [4.69, 9.17) is 4.74 Å². The third-order valence-corrected chi connectivity index (χ3v) is 3.79. The molecule has 0 radical (unpaired) electrons. The van der Waals surface area contributed by atoms with Crippen LogP contribution < -0.4 is 15.0 Å². The summed E-state index contributed by atoms with van der Waals surface area (Å²) in [5.74, 6) is 0.597. The number of hydrogen-bond donors (Lipinski definition) is 1. The molecular formula is C20H19N3O2. The number of amides is 1. The van der Waals surface area contributed by atoms with Gasteiger partial charge in [0.2, 0.25) is 0 Å². The van der Waals surface area contributed by atoms with Crippen molar-refractivity contribution in [2.45, 2.75) is 0 Å². The number of hydrogen-bond acceptors (Lipinski definition) is 4. The largest absolute Gasteiger partial charge is 0.497 e. The maximum Gasteiger partial charge on any atom is 0.276 e. The summed E-state index contributed by atoms with van der Waals surface area (Å²) in [6, 6.07) is 20.6. The zero-order valence-electron chi connectivity index (χ0n) is 14.1. The fourth-order valence-corrected chi connectivity index (χ4v) is 2.43. The molecule has 0 aliphatic heterocycles. The number of nitrogens with one attached hydrogen (secondary N) is 1. The molecule has 25 heavy (non-hydrogen) atoms. The predicted molar refractivity (Wildman–Crippen MR) is 99.7 cm³/mol. The Labute approximate surface area is 146 Å². The third-order valence-electron chi connectivity index (χ3n) is 3.79. The highest BCUT2D eigenvalue weighted by Gasteiger charge is 2.15. The molecule has 1 N–H and O–H groups in total. The number of rotatable bonds is 5. The van der Waals surface area contributed by atoms with Gasteiger partial charge < -0.3 is 15.0 Å². The highest BCUT2D eigenvalue weighted by atomic mass is 16.5. The summed E-state index contributed by atoms with van der Waals surface area (Å²) in [4.78, 5) is 18.5. The highest BCUT2D eigenvalue weighted by Crippen LogP contribution is 2.22. The van der Waals surface area contributed by atoms with Crippen LogP contribution in [0.3, 0.4) is 0 Å². The third kappa shape index (κ3) is 3.95. The number of pyridine rings is 1. The van der Waals surface area contributed by atoms with Crippen molar-refractivity contribution in [2.24, 2.45) is 0 Å². The van der Waals surface area contributed by atoms with Gasteiger partial charge in [-0.25, -0.2) is 0 Å². The molecule has 0 spiro atoms. The van der Waals surface area contributed by atoms with Gasteiger partial charge in [0.15, 0.2) is 0 Å². The molecule has 126 valence electrons. The van der Waals surface area contributed by atoms with Gasteiger partial charge in [0.05, 0.1) is 7.11 Å². The number of carbonyl (C=O) groups is 1. The minimum Gasteiger partial charge on any atom is -0.497 e. The Bertz CT molecular complexity index is 866. The van der Waals surface area contributed by atoms with Gasteiger partial charge in [-0.05, 0) is 36.4 Å². The smallest absolute Gasteiger partial charge is 0.276 e. The normalized spacial score (nSPS) is 10.2. The van der Waals surface area contributed by atoms with Crippen molar-refractivity contribution in [2.75, 3.05) is 24.4 Å². The van der Waals surface area contributed by atoms with E-state index in [0.29, 0.717) is 5.69 Å². The van der Waals surface area contributed by atoms with E-state index in [9.17, 15) is 4.79 Å². The van der Waals surface area contributed by atoms with Crippen LogP contribution in [0.4, 0.5) is 17.1 Å². The first-order valence-electron chi connectivity index (χ1n) is 7.87. The molecule has 5 heteroatoms. The Morgan fingerprint density at radius 2 is 1.76 bits per heavy atom. The van der Waals surface area contributed by atoms with E-state index in [1.54, 1.807) is 31.3 Å². The number of methoxy groups -OCH3 is 1. The molecule has 0 fully saturated rings. The van der Waals surface area contributed by atoms with E-state index < -0.39 is 0 Å². The molecule has 0 atom stereocenters. The molecule has 2 aromatic carbocycles. The van der Waals surface area contributed by atoms with Gasteiger partial charge in [-0.2, -0.15) is 0 Å². The van der Waals surface area contributed by atoms with Crippen LogP contribution in [0, 0.1) is 0 Å². The van der Waals surface area contributed by atoms with E-state index >= 15 is 0 Å². The van der Waals surface area contributed by atoms with Crippen molar-refractivity contribution in [3.05, 3.63) is 78.6 Å². The Morgan fingerprint density at radius 1 is 1.00 bits per heavy atom. The van der Waals surface area contributed by atoms with E-state index in [2.05, 4.69) is 10.3 Å². The fraction of sp³-hybridized carbons (Fsp3) is 0.100. The van der Waals surface area contributed by atoms with Crippen LogP contribution in [0.25, 0.3) is 0 Å². The zero-order chi connectivity index (χ0) is 17.6. The molecule has 0 saturated carbocycles. The Kier molecular flexibility index (Phi) is 4.95. The monoisotopic (exact) mass is 333 g/mol. The van der Waals surface area contributed by atoms with Crippen LogP contribution in [0.1, 0.15) is 10.5 Å². The summed E-state index contributed by atoms with van der Waals surface area (Å²) in [5, 5.41) is 3.26. The Morgan fingerprint density at radius 3 is 2.52 bits per heavy atom. The molecule has 3 rings (SSSR count). The molecule has 1 heterocycles. The molecule has 0 aliphatic carbocycles. The van der Waals surface area contributed by atoms with Gasteiger partial charge >= 0.3 is 0 Å². The standard InChI is InChI=1S/C20H19N3O2/c1-23(17-8-4-3-5-9-17)20(24)19-14-16(11-12-21-19)22-15-7-6-10-18(13-15)25-2/h3-14H,1-2H3,(H,21,22). The quantitative estimate of drug-likeness (QED) is 0.763. The van der Waals surface area contributed by atoms with Crippen molar-refractivity contribution in [1.29, 1.82) is 0 Å². The van der Waals surface area contributed by atoms with Crippen molar-refractivity contribution in [1.82, 2.24) is 4.98 Å². The second-order valence-electron chi connectivity index (χ2n) is 5.49. The molecule has 0 aliphatic rings. The van der Waals surface area contributed by atoms with Crippen LogP contribution >= 0.6 is 0 Å². The summed E-state index contributed by atoms with van der Waals surface area (Å²) < 4.78 is 5.22. The maximum absolute atomic E-state index is 12.7.